The molecule has 2 N–H and O–H groups in total. The van der Waals surface area contributed by atoms with E-state index >= 15 is 0 Å². The van der Waals surface area contributed by atoms with Crippen molar-refractivity contribution in [2.24, 2.45) is 5.41 Å². The number of nitrogens with zero attached hydrogens (tertiary/aromatic N) is 3. The molecule has 1 aromatic heterocycles. The van der Waals surface area contributed by atoms with Gasteiger partial charge in [-0.2, -0.15) is 0 Å². The number of fused-ring (bicyclic) bond motifs is 1. The highest BCUT2D eigenvalue weighted by Gasteiger charge is 2.40. The lowest BCUT2D eigenvalue weighted by Crippen LogP contribution is -2.51. The van der Waals surface area contributed by atoms with Gasteiger partial charge in [0.05, 0.1) is 24.0 Å². The van der Waals surface area contributed by atoms with E-state index in [1.807, 2.05) is 19.1 Å². The summed E-state index contributed by atoms with van der Waals surface area (Å²) in [5.41, 5.74) is 2.69. The van der Waals surface area contributed by atoms with Gasteiger partial charge in [-0.3, -0.25) is 24.3 Å². The molecule has 2 aromatic rings. The van der Waals surface area contributed by atoms with E-state index in [1.165, 1.54) is 4.90 Å². The first-order valence-electron chi connectivity index (χ1n) is 11.8. The summed E-state index contributed by atoms with van der Waals surface area (Å²) in [6, 6.07) is 8.93. The van der Waals surface area contributed by atoms with E-state index in [-0.39, 0.29) is 48.3 Å². The minimum atomic E-state index is -0.243. The van der Waals surface area contributed by atoms with Gasteiger partial charge in [-0.25, -0.2) is 0 Å². The molecule has 1 fully saturated rings. The number of hydrogen-bond acceptors (Lipinski definition) is 5. The number of amides is 3. The molecule has 2 aliphatic rings. The van der Waals surface area contributed by atoms with Gasteiger partial charge in [0.15, 0.2) is 0 Å². The highest BCUT2D eigenvalue weighted by Crippen LogP contribution is 2.41. The molecule has 1 atom stereocenters. The van der Waals surface area contributed by atoms with Gasteiger partial charge in [0.1, 0.15) is 6.54 Å². The van der Waals surface area contributed by atoms with Crippen LogP contribution in [0.15, 0.2) is 42.7 Å². The topological polar surface area (TPSA) is 94.6 Å². The number of carbonyl (C=O) groups is 3. The Morgan fingerprint density at radius 3 is 2.59 bits per heavy atom. The smallest absolute Gasteiger partial charge is 0.251 e. The average molecular weight is 464 g/mol. The predicted octanol–water partition coefficient (Wildman–Crippen LogP) is 3.05. The second kappa shape index (κ2) is 9.54. The van der Waals surface area contributed by atoms with Gasteiger partial charge in [0.2, 0.25) is 11.8 Å². The normalized spacial score (nSPS) is 16.8. The Labute approximate surface area is 200 Å². The number of carbonyl (C=O) groups excluding carboxylic acids is 3. The lowest BCUT2D eigenvalue weighted by molar-refractivity contribution is -0.122. The largest absolute Gasteiger partial charge is 0.345 e. The van der Waals surface area contributed by atoms with Crippen LogP contribution in [0.4, 0.5) is 11.4 Å². The Hall–Kier alpha value is -3.26. The fraction of sp³-hybridized carbons (Fsp3) is 0.462. The molecule has 3 amide bonds. The van der Waals surface area contributed by atoms with E-state index in [1.54, 1.807) is 35.5 Å². The lowest BCUT2D eigenvalue weighted by Gasteiger charge is -2.37. The molecule has 1 saturated carbocycles. The molecule has 0 saturated heterocycles. The van der Waals surface area contributed by atoms with Gasteiger partial charge in [-0.05, 0) is 55.0 Å². The number of benzene rings is 1. The van der Waals surface area contributed by atoms with Crippen molar-refractivity contribution in [2.75, 3.05) is 29.4 Å². The highest BCUT2D eigenvalue weighted by molar-refractivity contribution is 6.13. The fourth-order valence-electron chi connectivity index (χ4n) is 4.11. The van der Waals surface area contributed by atoms with Crippen molar-refractivity contribution >= 4 is 29.1 Å². The van der Waals surface area contributed by atoms with E-state index in [2.05, 4.69) is 36.4 Å². The van der Waals surface area contributed by atoms with Gasteiger partial charge in [-0.15, -0.1) is 0 Å². The zero-order valence-electron chi connectivity index (χ0n) is 20.3. The number of rotatable bonds is 7. The Balaban J connectivity index is 1.57. The van der Waals surface area contributed by atoms with Gasteiger partial charge in [-0.1, -0.05) is 26.8 Å². The molecule has 4 rings (SSSR count). The third kappa shape index (κ3) is 5.44. The molecule has 180 valence electrons. The second-order valence-electron chi connectivity index (χ2n) is 10.3. The van der Waals surface area contributed by atoms with Crippen LogP contribution in [0.5, 0.6) is 0 Å². The second-order valence-corrected chi connectivity index (χ2v) is 10.3. The monoisotopic (exact) mass is 463 g/mol. The first kappa shape index (κ1) is 23.9. The maximum Gasteiger partial charge on any atom is 0.251 e. The van der Waals surface area contributed by atoms with Crippen molar-refractivity contribution in [1.29, 1.82) is 0 Å². The fourth-order valence-corrected chi connectivity index (χ4v) is 4.11. The number of aromatic nitrogens is 1. The molecule has 0 spiro atoms. The van der Waals surface area contributed by atoms with Gasteiger partial charge in [0.25, 0.3) is 5.91 Å². The Morgan fingerprint density at radius 2 is 1.94 bits per heavy atom. The number of nitrogens with one attached hydrogen (secondary N) is 2. The molecule has 0 bridgehead atoms. The van der Waals surface area contributed by atoms with Crippen molar-refractivity contribution in [3.05, 3.63) is 53.9 Å². The maximum atomic E-state index is 13.1. The zero-order chi connectivity index (χ0) is 24.5. The molecule has 0 radical (unpaired) electrons. The number of anilines is 2. The zero-order valence-corrected chi connectivity index (χ0v) is 20.3. The molecule has 8 heteroatoms. The summed E-state index contributed by atoms with van der Waals surface area (Å²) in [6.07, 6.45) is 5.33. The van der Waals surface area contributed by atoms with E-state index in [0.29, 0.717) is 23.5 Å². The summed E-state index contributed by atoms with van der Waals surface area (Å²) in [4.78, 5) is 46.5. The van der Waals surface area contributed by atoms with Gasteiger partial charge < -0.3 is 15.5 Å². The molecular formula is C26H33N5O3. The van der Waals surface area contributed by atoms with Crippen LogP contribution >= 0.6 is 0 Å². The van der Waals surface area contributed by atoms with E-state index in [4.69, 9.17) is 0 Å². The van der Waals surface area contributed by atoms with Crippen LogP contribution in [-0.2, 0) is 9.59 Å². The molecule has 8 nitrogen and oxygen atoms in total. The van der Waals surface area contributed by atoms with Crippen molar-refractivity contribution in [3.63, 3.8) is 0 Å². The quantitative estimate of drug-likeness (QED) is 0.658. The third-order valence-corrected chi connectivity index (χ3v) is 6.03. The first-order valence-corrected chi connectivity index (χ1v) is 11.8. The Kier molecular flexibility index (Phi) is 6.70. The van der Waals surface area contributed by atoms with Crippen LogP contribution in [0.3, 0.4) is 0 Å². The highest BCUT2D eigenvalue weighted by atomic mass is 16.2. The molecule has 1 unspecified atom stereocenters. The van der Waals surface area contributed by atoms with Crippen molar-refractivity contribution in [2.45, 2.75) is 52.6 Å². The van der Waals surface area contributed by atoms with Crippen molar-refractivity contribution in [1.82, 2.24) is 15.6 Å². The molecular weight excluding hydrogens is 430 g/mol. The molecule has 1 aliphatic carbocycles. The Bertz CT molecular complexity index is 1080. The van der Waals surface area contributed by atoms with Crippen LogP contribution in [-0.4, -0.2) is 48.4 Å². The van der Waals surface area contributed by atoms with E-state index < -0.39 is 0 Å². The molecule has 2 heterocycles. The standard InChI is InChI=1S/C26H33N5O3/c1-17(19-6-5-11-27-13-19)29-25(34)18-7-10-21-22(12-18)30(15-24(33)31(21)20-8-9-20)23(32)14-28-16-26(2,3)4/h5-7,10-13,17,20,28H,8-9,14-16H2,1-4H3,(H,29,34). The predicted molar refractivity (Wildman–Crippen MR) is 132 cm³/mol. The summed E-state index contributed by atoms with van der Waals surface area (Å²) in [6.45, 7) is 8.96. The van der Waals surface area contributed by atoms with Crippen LogP contribution in [0.2, 0.25) is 0 Å². The number of hydrogen-bond donors (Lipinski definition) is 2. The van der Waals surface area contributed by atoms with Gasteiger partial charge >= 0.3 is 0 Å². The molecule has 1 aromatic carbocycles. The van der Waals surface area contributed by atoms with Crippen molar-refractivity contribution in [3.8, 4) is 0 Å². The number of pyridine rings is 1. The molecule has 34 heavy (non-hydrogen) atoms. The van der Waals surface area contributed by atoms with Gasteiger partial charge in [0, 0.05) is 30.5 Å². The summed E-state index contributed by atoms with van der Waals surface area (Å²) in [5, 5.41) is 6.19. The average Bonchev–Trinajstić information content (AvgIpc) is 3.62. The summed E-state index contributed by atoms with van der Waals surface area (Å²) in [5.74, 6) is -0.510. The van der Waals surface area contributed by atoms with Crippen LogP contribution in [0.1, 0.15) is 62.5 Å². The summed E-state index contributed by atoms with van der Waals surface area (Å²) < 4.78 is 0. The van der Waals surface area contributed by atoms with Crippen LogP contribution < -0.4 is 20.4 Å². The lowest BCUT2D eigenvalue weighted by atomic mass is 9.97. The third-order valence-electron chi connectivity index (χ3n) is 6.03. The van der Waals surface area contributed by atoms with E-state index in [0.717, 1.165) is 18.4 Å². The van der Waals surface area contributed by atoms with Crippen molar-refractivity contribution < 1.29 is 14.4 Å². The van der Waals surface area contributed by atoms with Crippen LogP contribution in [0, 0.1) is 5.41 Å². The maximum absolute atomic E-state index is 13.1. The Morgan fingerprint density at radius 1 is 1.18 bits per heavy atom. The summed E-state index contributed by atoms with van der Waals surface area (Å²) >= 11 is 0. The molecule has 1 aliphatic heterocycles. The minimum absolute atomic E-state index is 0.0172. The van der Waals surface area contributed by atoms with Crippen LogP contribution in [0.25, 0.3) is 0 Å². The SMILES string of the molecule is CC(NC(=O)c1ccc2c(c1)N(C(=O)CNCC(C)(C)C)CC(=O)N2C1CC1)c1cccnc1. The van der Waals surface area contributed by atoms with E-state index in [9.17, 15) is 14.4 Å². The minimum Gasteiger partial charge on any atom is -0.345 e. The summed E-state index contributed by atoms with van der Waals surface area (Å²) in [7, 11) is 0. The first-order chi connectivity index (χ1) is 16.1.